The molecule has 9 heteroatoms. The number of hydrogen-bond acceptors (Lipinski definition) is 6. The van der Waals surface area contributed by atoms with E-state index in [2.05, 4.69) is 20.5 Å². The van der Waals surface area contributed by atoms with Crippen LogP contribution in [0.2, 0.25) is 5.15 Å². The molecule has 2 aromatic heterocycles. The molecule has 3 aromatic rings. The van der Waals surface area contributed by atoms with E-state index in [1.54, 1.807) is 25.4 Å². The molecule has 1 aromatic carbocycles. The SMILES string of the molecule is COc1cccc(-c2nnc(SCC(=O)Nc3cccnc3Cl)n2C)c1. The van der Waals surface area contributed by atoms with E-state index in [1.165, 1.54) is 11.8 Å². The number of aromatic nitrogens is 4. The lowest BCUT2D eigenvalue weighted by molar-refractivity contribution is -0.113. The van der Waals surface area contributed by atoms with E-state index in [0.29, 0.717) is 16.7 Å². The first-order valence-corrected chi connectivity index (χ1v) is 9.02. The molecule has 0 fully saturated rings. The van der Waals surface area contributed by atoms with Crippen molar-refractivity contribution in [2.75, 3.05) is 18.2 Å². The molecule has 0 aliphatic rings. The molecular weight excluding hydrogens is 374 g/mol. The van der Waals surface area contributed by atoms with E-state index >= 15 is 0 Å². The molecule has 0 aliphatic heterocycles. The first kappa shape index (κ1) is 18.2. The molecule has 1 N–H and O–H groups in total. The lowest BCUT2D eigenvalue weighted by Crippen LogP contribution is -2.15. The van der Waals surface area contributed by atoms with Crippen LogP contribution in [0.15, 0.2) is 47.8 Å². The molecule has 3 rings (SSSR count). The van der Waals surface area contributed by atoms with Gasteiger partial charge in [-0.3, -0.25) is 4.79 Å². The number of carbonyl (C=O) groups is 1. The number of nitrogens with one attached hydrogen (secondary N) is 1. The summed E-state index contributed by atoms with van der Waals surface area (Å²) >= 11 is 7.23. The third-order valence-electron chi connectivity index (χ3n) is 3.53. The Balaban J connectivity index is 1.67. The Morgan fingerprint density at radius 1 is 1.31 bits per heavy atom. The Bertz CT molecular complexity index is 931. The number of nitrogens with zero attached hydrogens (tertiary/aromatic N) is 4. The third-order valence-corrected chi connectivity index (χ3v) is 4.85. The van der Waals surface area contributed by atoms with Gasteiger partial charge in [0.15, 0.2) is 16.1 Å². The van der Waals surface area contributed by atoms with Crippen molar-refractivity contribution in [3.05, 3.63) is 47.7 Å². The van der Waals surface area contributed by atoms with E-state index in [0.717, 1.165) is 11.3 Å². The van der Waals surface area contributed by atoms with Crippen LogP contribution in [0.25, 0.3) is 11.4 Å². The first-order chi connectivity index (χ1) is 12.6. The second-order valence-electron chi connectivity index (χ2n) is 5.28. The highest BCUT2D eigenvalue weighted by Gasteiger charge is 2.14. The molecule has 134 valence electrons. The number of anilines is 1. The number of pyridine rings is 1. The van der Waals surface area contributed by atoms with Crippen molar-refractivity contribution in [1.82, 2.24) is 19.7 Å². The standard InChI is InChI=1S/C17H16ClN5O2S/c1-23-16(11-5-3-6-12(9-11)25-2)21-22-17(23)26-10-14(24)20-13-7-4-8-19-15(13)18/h3-9H,10H2,1-2H3,(H,20,24). The molecule has 0 aliphatic carbocycles. The van der Waals surface area contributed by atoms with Gasteiger partial charge in [0.05, 0.1) is 18.6 Å². The van der Waals surface area contributed by atoms with Gasteiger partial charge in [-0.1, -0.05) is 35.5 Å². The molecule has 0 saturated carbocycles. The van der Waals surface area contributed by atoms with Gasteiger partial charge in [-0.05, 0) is 24.3 Å². The van der Waals surface area contributed by atoms with Gasteiger partial charge in [0.25, 0.3) is 0 Å². The zero-order valence-corrected chi connectivity index (χ0v) is 15.7. The zero-order chi connectivity index (χ0) is 18.5. The summed E-state index contributed by atoms with van der Waals surface area (Å²) in [6.45, 7) is 0. The summed E-state index contributed by atoms with van der Waals surface area (Å²) in [5.74, 6) is 1.42. The normalized spacial score (nSPS) is 10.6. The van der Waals surface area contributed by atoms with E-state index in [9.17, 15) is 4.79 Å². The number of carbonyl (C=O) groups excluding carboxylic acids is 1. The van der Waals surface area contributed by atoms with Gasteiger partial charge in [-0.15, -0.1) is 10.2 Å². The van der Waals surface area contributed by atoms with Crippen molar-refractivity contribution in [1.29, 1.82) is 0 Å². The van der Waals surface area contributed by atoms with E-state index < -0.39 is 0 Å². The minimum absolute atomic E-state index is 0.176. The third kappa shape index (κ3) is 4.14. The quantitative estimate of drug-likeness (QED) is 0.514. The average molecular weight is 390 g/mol. The molecule has 1 amide bonds. The zero-order valence-electron chi connectivity index (χ0n) is 14.1. The number of halogens is 1. The summed E-state index contributed by atoms with van der Waals surface area (Å²) in [6.07, 6.45) is 1.56. The highest BCUT2D eigenvalue weighted by atomic mass is 35.5. The van der Waals surface area contributed by atoms with Crippen molar-refractivity contribution in [2.24, 2.45) is 7.05 Å². The molecule has 0 saturated heterocycles. The van der Waals surface area contributed by atoms with Crippen molar-refractivity contribution < 1.29 is 9.53 Å². The minimum atomic E-state index is -0.198. The van der Waals surface area contributed by atoms with Gasteiger partial charge in [0.1, 0.15) is 5.75 Å². The van der Waals surface area contributed by atoms with Crippen LogP contribution < -0.4 is 10.1 Å². The van der Waals surface area contributed by atoms with Crippen LogP contribution in [0, 0.1) is 0 Å². The van der Waals surface area contributed by atoms with Crippen LogP contribution in [0.4, 0.5) is 5.69 Å². The van der Waals surface area contributed by atoms with Crippen molar-refractivity contribution >= 4 is 35.0 Å². The van der Waals surface area contributed by atoms with Gasteiger partial charge in [-0.2, -0.15) is 0 Å². The van der Waals surface area contributed by atoms with E-state index in [4.69, 9.17) is 16.3 Å². The highest BCUT2D eigenvalue weighted by molar-refractivity contribution is 7.99. The van der Waals surface area contributed by atoms with E-state index in [-0.39, 0.29) is 16.8 Å². The fourth-order valence-corrected chi connectivity index (χ4v) is 3.13. The van der Waals surface area contributed by atoms with Crippen LogP contribution >= 0.6 is 23.4 Å². The minimum Gasteiger partial charge on any atom is -0.497 e. The number of rotatable bonds is 6. The van der Waals surface area contributed by atoms with Crippen LogP contribution in [0.3, 0.4) is 0 Å². The van der Waals surface area contributed by atoms with Gasteiger partial charge in [-0.25, -0.2) is 4.98 Å². The fourth-order valence-electron chi connectivity index (χ4n) is 2.25. The predicted molar refractivity (Wildman–Crippen MR) is 102 cm³/mol. The molecule has 0 radical (unpaired) electrons. The molecular formula is C17H16ClN5O2S. The largest absolute Gasteiger partial charge is 0.497 e. The number of hydrogen-bond donors (Lipinski definition) is 1. The summed E-state index contributed by atoms with van der Waals surface area (Å²) in [5, 5.41) is 12.0. The monoisotopic (exact) mass is 389 g/mol. The second-order valence-corrected chi connectivity index (χ2v) is 6.58. The summed E-state index contributed by atoms with van der Waals surface area (Å²) in [7, 11) is 3.47. The number of ether oxygens (including phenoxy) is 1. The van der Waals surface area contributed by atoms with Crippen LogP contribution in [-0.4, -0.2) is 38.5 Å². The molecule has 0 spiro atoms. The first-order valence-electron chi connectivity index (χ1n) is 7.65. The van der Waals surface area contributed by atoms with Crippen LogP contribution in [-0.2, 0) is 11.8 Å². The molecule has 0 atom stereocenters. The average Bonchev–Trinajstić information content (AvgIpc) is 3.02. The Morgan fingerprint density at radius 2 is 2.15 bits per heavy atom. The maximum absolute atomic E-state index is 12.1. The number of thioether (sulfide) groups is 1. The maximum Gasteiger partial charge on any atom is 0.234 e. The molecule has 26 heavy (non-hydrogen) atoms. The van der Waals surface area contributed by atoms with Crippen molar-refractivity contribution in [3.8, 4) is 17.1 Å². The number of benzene rings is 1. The molecule has 0 unspecified atom stereocenters. The van der Waals surface area contributed by atoms with Crippen LogP contribution in [0.5, 0.6) is 5.75 Å². The Morgan fingerprint density at radius 3 is 2.92 bits per heavy atom. The second kappa shape index (κ2) is 8.20. The molecule has 0 bridgehead atoms. The Kier molecular flexibility index (Phi) is 5.75. The molecule has 7 nitrogen and oxygen atoms in total. The van der Waals surface area contributed by atoms with Gasteiger partial charge in [0.2, 0.25) is 5.91 Å². The van der Waals surface area contributed by atoms with Crippen LogP contribution in [0.1, 0.15) is 0 Å². The Hall–Kier alpha value is -2.58. The van der Waals surface area contributed by atoms with Gasteiger partial charge in [0, 0.05) is 18.8 Å². The lowest BCUT2D eigenvalue weighted by atomic mass is 10.2. The smallest absolute Gasteiger partial charge is 0.234 e. The summed E-state index contributed by atoms with van der Waals surface area (Å²) in [6, 6.07) is 11.0. The lowest BCUT2D eigenvalue weighted by Gasteiger charge is -2.07. The maximum atomic E-state index is 12.1. The molecule has 2 heterocycles. The van der Waals surface area contributed by atoms with Gasteiger partial charge < -0.3 is 14.6 Å². The van der Waals surface area contributed by atoms with Crippen molar-refractivity contribution in [2.45, 2.75) is 5.16 Å². The van der Waals surface area contributed by atoms with Crippen molar-refractivity contribution in [3.63, 3.8) is 0 Å². The summed E-state index contributed by atoms with van der Waals surface area (Å²) in [4.78, 5) is 16.0. The predicted octanol–water partition coefficient (Wildman–Crippen LogP) is 3.27. The Labute approximate surface area is 159 Å². The summed E-state index contributed by atoms with van der Waals surface area (Å²) < 4.78 is 7.07. The summed E-state index contributed by atoms with van der Waals surface area (Å²) in [5.41, 5.74) is 1.37. The topological polar surface area (TPSA) is 81.9 Å². The number of amides is 1. The fraction of sp³-hybridized carbons (Fsp3) is 0.176. The van der Waals surface area contributed by atoms with E-state index in [1.807, 2.05) is 35.9 Å². The highest BCUT2D eigenvalue weighted by Crippen LogP contribution is 2.25. The number of methoxy groups -OCH3 is 1. The van der Waals surface area contributed by atoms with Gasteiger partial charge >= 0.3 is 0 Å².